The third-order valence-electron chi connectivity index (χ3n) is 4.99. The van der Waals surface area contributed by atoms with Gasteiger partial charge in [-0.3, -0.25) is 9.69 Å². The first-order chi connectivity index (χ1) is 9.50. The van der Waals surface area contributed by atoms with Crippen LogP contribution in [0.25, 0.3) is 0 Å². The van der Waals surface area contributed by atoms with E-state index in [-0.39, 0.29) is 5.97 Å². The molecule has 0 spiro atoms. The Balaban J connectivity index is 2.04. The fourth-order valence-corrected chi connectivity index (χ4v) is 4.29. The maximum Gasteiger partial charge on any atom is 0.326 e. The molecule has 1 aliphatic carbocycles. The zero-order chi connectivity index (χ0) is 14.8. The number of rotatable bonds is 4. The highest BCUT2D eigenvalue weighted by atomic mass is 16.5. The molecule has 1 N–H and O–H groups in total. The van der Waals surface area contributed by atoms with Crippen molar-refractivity contribution in [3.8, 4) is 0 Å². The fraction of sp³-hybridized carbons (Fsp3) is 0.938. The first kappa shape index (κ1) is 15.8. The van der Waals surface area contributed by atoms with Crippen molar-refractivity contribution in [2.75, 3.05) is 26.7 Å². The molecule has 4 atom stereocenters. The number of hydrogen-bond acceptors (Lipinski definition) is 4. The predicted molar refractivity (Wildman–Crippen MR) is 80.6 cm³/mol. The Bertz CT molecular complexity index is 337. The molecule has 2 aliphatic rings. The fourth-order valence-electron chi connectivity index (χ4n) is 4.29. The second kappa shape index (κ2) is 6.44. The number of nitrogens with zero attached hydrogens (tertiary/aromatic N) is 1. The number of carbonyl (C=O) groups excluding carboxylic acids is 1. The maximum atomic E-state index is 12.2. The summed E-state index contributed by atoms with van der Waals surface area (Å²) in [7, 11) is 1.50. The van der Waals surface area contributed by atoms with Crippen LogP contribution in [0.3, 0.4) is 0 Å². The van der Waals surface area contributed by atoms with E-state index in [1.165, 1.54) is 26.6 Å². The van der Waals surface area contributed by atoms with E-state index in [4.69, 9.17) is 4.74 Å². The molecule has 0 aromatic carbocycles. The molecule has 4 unspecified atom stereocenters. The van der Waals surface area contributed by atoms with Gasteiger partial charge in [0.15, 0.2) is 0 Å². The Hall–Kier alpha value is -0.610. The highest BCUT2D eigenvalue weighted by Crippen LogP contribution is 2.36. The molecule has 20 heavy (non-hydrogen) atoms. The monoisotopic (exact) mass is 282 g/mol. The van der Waals surface area contributed by atoms with Gasteiger partial charge in [-0.25, -0.2) is 0 Å². The lowest BCUT2D eigenvalue weighted by atomic mass is 9.90. The van der Waals surface area contributed by atoms with E-state index in [1.54, 1.807) is 0 Å². The van der Waals surface area contributed by atoms with Crippen molar-refractivity contribution in [2.24, 2.45) is 11.8 Å². The van der Waals surface area contributed by atoms with Gasteiger partial charge in [0.05, 0.1) is 7.11 Å². The van der Waals surface area contributed by atoms with Gasteiger partial charge in [-0.2, -0.15) is 0 Å². The average molecular weight is 282 g/mol. The summed E-state index contributed by atoms with van der Waals surface area (Å²) in [5.41, 5.74) is -0.446. The van der Waals surface area contributed by atoms with Crippen LogP contribution in [0.2, 0.25) is 0 Å². The van der Waals surface area contributed by atoms with Gasteiger partial charge in [0.1, 0.15) is 5.54 Å². The van der Waals surface area contributed by atoms with Crippen molar-refractivity contribution in [1.82, 2.24) is 10.2 Å². The number of hydrogen-bond donors (Lipinski definition) is 1. The Morgan fingerprint density at radius 2 is 2.00 bits per heavy atom. The molecule has 4 nitrogen and oxygen atoms in total. The van der Waals surface area contributed by atoms with Crippen LogP contribution in [-0.4, -0.2) is 49.2 Å². The predicted octanol–water partition coefficient (Wildman–Crippen LogP) is 2.04. The van der Waals surface area contributed by atoms with Crippen LogP contribution < -0.4 is 5.32 Å². The third kappa shape index (κ3) is 3.17. The molecule has 1 saturated carbocycles. The van der Waals surface area contributed by atoms with E-state index in [2.05, 4.69) is 31.0 Å². The SMILES string of the molecule is CCNC1(C(=O)OC)CCC(N2CC(C)CC(C)C2)C1. The van der Waals surface area contributed by atoms with Crippen LogP contribution in [0.1, 0.15) is 46.5 Å². The van der Waals surface area contributed by atoms with Gasteiger partial charge in [0.25, 0.3) is 0 Å². The van der Waals surface area contributed by atoms with E-state index in [0.29, 0.717) is 6.04 Å². The minimum Gasteiger partial charge on any atom is -0.468 e. The molecule has 0 amide bonds. The largest absolute Gasteiger partial charge is 0.468 e. The molecular weight excluding hydrogens is 252 g/mol. The lowest BCUT2D eigenvalue weighted by Gasteiger charge is -2.39. The second-order valence-electron chi connectivity index (χ2n) is 6.90. The molecule has 0 aromatic rings. The number of methoxy groups -OCH3 is 1. The van der Waals surface area contributed by atoms with Crippen molar-refractivity contribution < 1.29 is 9.53 Å². The van der Waals surface area contributed by atoms with Gasteiger partial charge in [-0.1, -0.05) is 20.8 Å². The van der Waals surface area contributed by atoms with Gasteiger partial charge < -0.3 is 10.1 Å². The number of piperidine rings is 1. The molecule has 2 rings (SSSR count). The highest BCUT2D eigenvalue weighted by molar-refractivity contribution is 5.81. The average Bonchev–Trinajstić information content (AvgIpc) is 2.83. The normalized spacial score (nSPS) is 38.9. The van der Waals surface area contributed by atoms with Gasteiger partial charge >= 0.3 is 5.97 Å². The molecule has 2 fully saturated rings. The number of ether oxygens (including phenoxy) is 1. The third-order valence-corrected chi connectivity index (χ3v) is 4.99. The maximum absolute atomic E-state index is 12.2. The molecule has 4 heteroatoms. The van der Waals surface area contributed by atoms with Crippen LogP contribution in [-0.2, 0) is 9.53 Å². The summed E-state index contributed by atoms with van der Waals surface area (Å²) in [6.07, 6.45) is 4.23. The summed E-state index contributed by atoms with van der Waals surface area (Å²) in [6.45, 7) is 9.92. The minimum absolute atomic E-state index is 0.0834. The zero-order valence-electron chi connectivity index (χ0n) is 13.4. The van der Waals surface area contributed by atoms with Gasteiger partial charge in [0.2, 0.25) is 0 Å². The summed E-state index contributed by atoms with van der Waals surface area (Å²) < 4.78 is 5.05. The van der Waals surface area contributed by atoms with E-state index >= 15 is 0 Å². The molecule has 0 radical (unpaired) electrons. The van der Waals surface area contributed by atoms with Crippen molar-refractivity contribution in [3.63, 3.8) is 0 Å². The molecule has 116 valence electrons. The summed E-state index contributed by atoms with van der Waals surface area (Å²) in [5.74, 6) is 1.46. The van der Waals surface area contributed by atoms with E-state index in [9.17, 15) is 4.79 Å². The van der Waals surface area contributed by atoms with Gasteiger partial charge in [-0.15, -0.1) is 0 Å². The van der Waals surface area contributed by atoms with Crippen LogP contribution in [0.4, 0.5) is 0 Å². The van der Waals surface area contributed by atoms with Crippen LogP contribution in [0, 0.1) is 11.8 Å². The highest BCUT2D eigenvalue weighted by Gasteiger charge is 2.47. The zero-order valence-corrected chi connectivity index (χ0v) is 13.4. The first-order valence-corrected chi connectivity index (χ1v) is 8.08. The first-order valence-electron chi connectivity index (χ1n) is 8.08. The molecule has 1 aliphatic heterocycles. The van der Waals surface area contributed by atoms with Crippen LogP contribution in [0.5, 0.6) is 0 Å². The van der Waals surface area contributed by atoms with Crippen molar-refractivity contribution in [1.29, 1.82) is 0 Å². The molecule has 0 bridgehead atoms. The molecule has 0 aromatic heterocycles. The van der Waals surface area contributed by atoms with E-state index < -0.39 is 5.54 Å². The topological polar surface area (TPSA) is 41.6 Å². The Morgan fingerprint density at radius 1 is 1.35 bits per heavy atom. The van der Waals surface area contributed by atoms with Crippen LogP contribution in [0.15, 0.2) is 0 Å². The lowest BCUT2D eigenvalue weighted by Crippen LogP contribution is -2.52. The smallest absolute Gasteiger partial charge is 0.326 e. The standard InChI is InChI=1S/C16H30N2O2/c1-5-17-16(15(19)20-4)7-6-14(9-16)18-10-12(2)8-13(3)11-18/h12-14,17H,5-11H2,1-4H3. The molecule has 1 heterocycles. The number of likely N-dealkylation sites (tertiary alicyclic amines) is 1. The summed E-state index contributed by atoms with van der Waals surface area (Å²) in [5, 5.41) is 3.40. The Morgan fingerprint density at radius 3 is 2.55 bits per heavy atom. The molecular formula is C16H30N2O2. The quantitative estimate of drug-likeness (QED) is 0.801. The Kier molecular flexibility index (Phi) is 5.08. The summed E-state index contributed by atoms with van der Waals surface area (Å²) in [4.78, 5) is 14.8. The van der Waals surface area contributed by atoms with Crippen molar-refractivity contribution >= 4 is 5.97 Å². The summed E-state index contributed by atoms with van der Waals surface area (Å²) >= 11 is 0. The Labute approximate surface area is 123 Å². The van der Waals surface area contributed by atoms with Crippen molar-refractivity contribution in [2.45, 2.75) is 58.0 Å². The van der Waals surface area contributed by atoms with E-state index in [1.807, 2.05) is 0 Å². The second-order valence-corrected chi connectivity index (χ2v) is 6.90. The number of nitrogens with one attached hydrogen (secondary N) is 1. The van der Waals surface area contributed by atoms with Gasteiger partial charge in [-0.05, 0) is 44.1 Å². The number of likely N-dealkylation sites (N-methyl/N-ethyl adjacent to an activating group) is 1. The number of carbonyl (C=O) groups is 1. The minimum atomic E-state index is -0.446. The van der Waals surface area contributed by atoms with Crippen molar-refractivity contribution in [3.05, 3.63) is 0 Å². The van der Waals surface area contributed by atoms with Gasteiger partial charge in [0, 0.05) is 19.1 Å². The lowest BCUT2D eigenvalue weighted by molar-refractivity contribution is -0.148. The van der Waals surface area contributed by atoms with E-state index in [0.717, 1.165) is 37.6 Å². The summed E-state index contributed by atoms with van der Waals surface area (Å²) in [6, 6.07) is 0.526. The number of esters is 1. The molecule has 1 saturated heterocycles. The van der Waals surface area contributed by atoms with Crippen LogP contribution >= 0.6 is 0 Å².